The molecule has 0 spiro atoms. The number of rotatable bonds is 9. The van der Waals surface area contributed by atoms with Crippen LogP contribution in [0.5, 0.6) is 0 Å². The van der Waals surface area contributed by atoms with Crippen molar-refractivity contribution in [3.63, 3.8) is 0 Å². The first kappa shape index (κ1) is 22.5. The molecule has 6 heteroatoms. The number of benzene rings is 2. The molecule has 3 rings (SSSR count). The molecule has 1 aliphatic rings. The molecule has 31 heavy (non-hydrogen) atoms. The molecule has 1 aliphatic carbocycles. The van der Waals surface area contributed by atoms with E-state index in [1.807, 2.05) is 30.3 Å². The molecule has 6 nitrogen and oxygen atoms in total. The molecule has 2 aromatic carbocycles. The minimum absolute atomic E-state index is 0.00273. The minimum Gasteiger partial charge on any atom is -0.465 e. The van der Waals surface area contributed by atoms with Gasteiger partial charge in [-0.3, -0.25) is 14.4 Å². The van der Waals surface area contributed by atoms with Crippen molar-refractivity contribution >= 4 is 23.5 Å². The number of hydrogen-bond acceptors (Lipinski definition) is 4. The van der Waals surface area contributed by atoms with Crippen LogP contribution in [0.25, 0.3) is 0 Å². The van der Waals surface area contributed by atoms with Gasteiger partial charge in [0.15, 0.2) is 0 Å². The van der Waals surface area contributed by atoms with Crippen LogP contribution in [0.3, 0.4) is 0 Å². The maximum atomic E-state index is 12.7. The Morgan fingerprint density at radius 2 is 1.58 bits per heavy atom. The molecule has 2 amide bonds. The zero-order valence-electron chi connectivity index (χ0n) is 17.8. The van der Waals surface area contributed by atoms with Crippen molar-refractivity contribution in [2.24, 2.45) is 0 Å². The normalized spacial score (nSPS) is 13.9. The van der Waals surface area contributed by atoms with Gasteiger partial charge in [0, 0.05) is 18.9 Å². The van der Waals surface area contributed by atoms with Crippen LogP contribution in [0.4, 0.5) is 5.69 Å². The predicted octanol–water partition coefficient (Wildman–Crippen LogP) is 4.25. The average molecular weight is 423 g/mol. The second-order valence-electron chi connectivity index (χ2n) is 7.86. The highest BCUT2D eigenvalue weighted by Crippen LogP contribution is 2.20. The third-order valence-electron chi connectivity index (χ3n) is 5.44. The molecular weight excluding hydrogens is 392 g/mol. The van der Waals surface area contributed by atoms with Crippen molar-refractivity contribution in [3.05, 3.63) is 65.7 Å². The van der Waals surface area contributed by atoms with Crippen LogP contribution in [0.15, 0.2) is 54.6 Å². The molecule has 2 N–H and O–H groups in total. The molecule has 164 valence electrons. The topological polar surface area (TPSA) is 84.5 Å². The highest BCUT2D eigenvalue weighted by atomic mass is 16.5. The maximum Gasteiger partial charge on any atom is 0.306 e. The van der Waals surface area contributed by atoms with Gasteiger partial charge in [-0.05, 0) is 30.5 Å². The van der Waals surface area contributed by atoms with Crippen molar-refractivity contribution < 1.29 is 19.1 Å². The predicted molar refractivity (Wildman–Crippen MR) is 120 cm³/mol. The Hall–Kier alpha value is -3.15. The molecule has 0 radical (unpaired) electrons. The number of nitrogens with one attached hydrogen (secondary N) is 2. The van der Waals surface area contributed by atoms with Crippen LogP contribution < -0.4 is 10.6 Å². The van der Waals surface area contributed by atoms with Crippen molar-refractivity contribution in [1.82, 2.24) is 5.32 Å². The van der Waals surface area contributed by atoms with Crippen LogP contribution in [0.1, 0.15) is 60.9 Å². The van der Waals surface area contributed by atoms with E-state index in [0.29, 0.717) is 17.7 Å². The second-order valence-corrected chi connectivity index (χ2v) is 7.86. The van der Waals surface area contributed by atoms with Gasteiger partial charge < -0.3 is 15.4 Å². The summed E-state index contributed by atoms with van der Waals surface area (Å²) < 4.78 is 5.21. The number of amides is 2. The van der Waals surface area contributed by atoms with Crippen molar-refractivity contribution in [2.75, 3.05) is 11.9 Å². The van der Waals surface area contributed by atoms with Gasteiger partial charge in [-0.1, -0.05) is 61.7 Å². The lowest BCUT2D eigenvalue weighted by molar-refractivity contribution is -0.144. The molecular formula is C25H30N2O4. The lowest BCUT2D eigenvalue weighted by Gasteiger charge is -2.23. The summed E-state index contributed by atoms with van der Waals surface area (Å²) in [6, 6.07) is 16.9. The molecule has 0 saturated heterocycles. The quantitative estimate of drug-likeness (QED) is 0.592. The first-order valence-corrected chi connectivity index (χ1v) is 11.0. The number of para-hydroxylation sites is 1. The first-order valence-electron chi connectivity index (χ1n) is 11.0. The Labute approximate surface area is 183 Å². The van der Waals surface area contributed by atoms with E-state index < -0.39 is 5.97 Å². The van der Waals surface area contributed by atoms with Gasteiger partial charge in [-0.15, -0.1) is 0 Å². The molecule has 0 unspecified atom stereocenters. The average Bonchev–Trinajstić information content (AvgIpc) is 2.79. The second kappa shape index (κ2) is 11.9. The Morgan fingerprint density at radius 1 is 0.871 bits per heavy atom. The van der Waals surface area contributed by atoms with Gasteiger partial charge >= 0.3 is 5.97 Å². The molecule has 0 aliphatic heterocycles. The number of esters is 1. The van der Waals surface area contributed by atoms with Gasteiger partial charge in [0.1, 0.15) is 0 Å². The van der Waals surface area contributed by atoms with E-state index in [-0.39, 0.29) is 37.3 Å². The molecule has 0 aromatic heterocycles. The molecule has 1 saturated carbocycles. The van der Waals surface area contributed by atoms with Crippen LogP contribution in [-0.2, 0) is 20.7 Å². The van der Waals surface area contributed by atoms with Gasteiger partial charge in [0.2, 0.25) is 5.91 Å². The molecule has 0 atom stereocenters. The summed E-state index contributed by atoms with van der Waals surface area (Å²) in [5, 5.41) is 5.83. The number of carbonyl (C=O) groups excluding carboxylic acids is 3. The summed E-state index contributed by atoms with van der Waals surface area (Å²) in [7, 11) is 0. The summed E-state index contributed by atoms with van der Waals surface area (Å²) in [5.74, 6) is -0.907. The molecule has 1 fully saturated rings. The van der Waals surface area contributed by atoms with Gasteiger partial charge in [-0.25, -0.2) is 0 Å². The van der Waals surface area contributed by atoms with Crippen LogP contribution in [0.2, 0.25) is 0 Å². The van der Waals surface area contributed by atoms with E-state index in [4.69, 9.17) is 4.74 Å². The fourth-order valence-corrected chi connectivity index (χ4v) is 3.73. The highest BCUT2D eigenvalue weighted by Gasteiger charge is 2.19. The van der Waals surface area contributed by atoms with E-state index in [2.05, 4.69) is 10.6 Å². The Morgan fingerprint density at radius 3 is 2.35 bits per heavy atom. The molecule has 2 aromatic rings. The number of carbonyl (C=O) groups is 3. The third-order valence-corrected chi connectivity index (χ3v) is 5.44. The van der Waals surface area contributed by atoms with Gasteiger partial charge in [0.05, 0.1) is 24.3 Å². The Bertz CT molecular complexity index is 876. The van der Waals surface area contributed by atoms with Crippen molar-refractivity contribution in [3.8, 4) is 0 Å². The highest BCUT2D eigenvalue weighted by molar-refractivity contribution is 6.04. The fourth-order valence-electron chi connectivity index (χ4n) is 3.73. The van der Waals surface area contributed by atoms with E-state index >= 15 is 0 Å². The van der Waals surface area contributed by atoms with E-state index in [0.717, 1.165) is 31.2 Å². The maximum absolute atomic E-state index is 12.7. The smallest absolute Gasteiger partial charge is 0.306 e. The number of anilines is 1. The third kappa shape index (κ3) is 7.55. The standard InChI is InChI=1S/C25H30N2O4/c28-23(15-16-24(29)31-18-17-19-9-3-1-4-10-19)27-22-14-8-7-13-21(22)25(30)26-20-11-5-2-6-12-20/h1,3-4,7-10,13-14,20H,2,5-6,11-12,15-18H2,(H,26,30)(H,27,28). The van der Waals surface area contributed by atoms with Crippen molar-refractivity contribution in [1.29, 1.82) is 0 Å². The summed E-state index contributed by atoms with van der Waals surface area (Å²) in [6.45, 7) is 0.286. The zero-order chi connectivity index (χ0) is 21.9. The SMILES string of the molecule is O=C(CCC(=O)OCCc1ccccc1)Nc1ccccc1C(=O)NC1CCCCC1. The fraction of sp³-hybridized carbons (Fsp3) is 0.400. The minimum atomic E-state index is -0.408. The lowest BCUT2D eigenvalue weighted by atomic mass is 9.95. The number of hydrogen-bond donors (Lipinski definition) is 2. The lowest BCUT2D eigenvalue weighted by Crippen LogP contribution is -2.36. The summed E-state index contributed by atoms with van der Waals surface area (Å²) in [6.07, 6.45) is 6.10. The zero-order valence-corrected chi connectivity index (χ0v) is 17.8. The summed E-state index contributed by atoms with van der Waals surface area (Å²) >= 11 is 0. The number of ether oxygens (including phenoxy) is 1. The molecule has 0 heterocycles. The summed E-state index contributed by atoms with van der Waals surface area (Å²) in [4.78, 5) is 36.9. The van der Waals surface area contributed by atoms with E-state index in [9.17, 15) is 14.4 Å². The van der Waals surface area contributed by atoms with E-state index in [1.165, 1.54) is 6.42 Å². The van der Waals surface area contributed by atoms with Crippen LogP contribution in [0, 0.1) is 0 Å². The van der Waals surface area contributed by atoms with Crippen LogP contribution >= 0.6 is 0 Å². The Kier molecular flexibility index (Phi) is 8.64. The largest absolute Gasteiger partial charge is 0.465 e. The van der Waals surface area contributed by atoms with Gasteiger partial charge in [-0.2, -0.15) is 0 Å². The summed E-state index contributed by atoms with van der Waals surface area (Å²) in [5.41, 5.74) is 1.99. The van der Waals surface area contributed by atoms with Crippen LogP contribution in [-0.4, -0.2) is 30.4 Å². The Balaban J connectivity index is 1.43. The van der Waals surface area contributed by atoms with Gasteiger partial charge in [0.25, 0.3) is 5.91 Å². The monoisotopic (exact) mass is 422 g/mol. The molecule has 0 bridgehead atoms. The first-order chi connectivity index (χ1) is 15.1. The van der Waals surface area contributed by atoms with Crippen molar-refractivity contribution in [2.45, 2.75) is 57.4 Å². The van der Waals surface area contributed by atoms with E-state index in [1.54, 1.807) is 24.3 Å².